The molecule has 4 rings (SSSR count). The minimum Gasteiger partial charge on any atom is -0.457 e. The topological polar surface area (TPSA) is 88.2 Å². The van der Waals surface area contributed by atoms with Gasteiger partial charge < -0.3 is 19.7 Å². The molecule has 2 amide bonds. The van der Waals surface area contributed by atoms with Crippen molar-refractivity contribution in [3.8, 4) is 11.5 Å². The van der Waals surface area contributed by atoms with Crippen molar-refractivity contribution in [2.75, 3.05) is 31.1 Å². The van der Waals surface area contributed by atoms with Gasteiger partial charge in [-0.05, 0) is 36.4 Å². The summed E-state index contributed by atoms with van der Waals surface area (Å²) in [4.78, 5) is 38.7. The molecular formula is C21H17ClF3N3O5. The number of carbonyl (C=O) groups is 3. The molecule has 0 radical (unpaired) electrons. The highest BCUT2D eigenvalue weighted by molar-refractivity contribution is 6.33. The van der Waals surface area contributed by atoms with E-state index >= 15 is 0 Å². The SMILES string of the molecule is O=C(OC(=O)C(F)(F)F)c1ccc(Oc2ccc(N3C[C@@H]4CNCCN4C3=O)cc2)cc1Cl. The second kappa shape index (κ2) is 8.91. The molecule has 174 valence electrons. The van der Waals surface area contributed by atoms with Gasteiger partial charge in [0.1, 0.15) is 11.5 Å². The van der Waals surface area contributed by atoms with Crippen molar-refractivity contribution in [2.45, 2.75) is 12.2 Å². The van der Waals surface area contributed by atoms with Crippen molar-refractivity contribution in [2.24, 2.45) is 0 Å². The number of alkyl halides is 3. The van der Waals surface area contributed by atoms with Gasteiger partial charge in [-0.25, -0.2) is 14.4 Å². The van der Waals surface area contributed by atoms with Crippen LogP contribution in [0, 0.1) is 0 Å². The lowest BCUT2D eigenvalue weighted by Crippen LogP contribution is -2.49. The van der Waals surface area contributed by atoms with Gasteiger partial charge in [0.2, 0.25) is 0 Å². The lowest BCUT2D eigenvalue weighted by atomic mass is 10.2. The van der Waals surface area contributed by atoms with E-state index in [-0.39, 0.29) is 22.8 Å². The van der Waals surface area contributed by atoms with Gasteiger partial charge in [-0.2, -0.15) is 13.2 Å². The van der Waals surface area contributed by atoms with E-state index in [1.807, 2.05) is 4.90 Å². The number of rotatable bonds is 4. The molecule has 8 nitrogen and oxygen atoms in total. The Morgan fingerprint density at radius 2 is 1.79 bits per heavy atom. The predicted molar refractivity (Wildman–Crippen MR) is 111 cm³/mol. The lowest BCUT2D eigenvalue weighted by molar-refractivity contribution is -0.193. The van der Waals surface area contributed by atoms with Crippen molar-refractivity contribution < 1.29 is 37.0 Å². The molecule has 2 aromatic carbocycles. The molecule has 0 aromatic heterocycles. The van der Waals surface area contributed by atoms with Crippen LogP contribution in [0.4, 0.5) is 23.7 Å². The number of amides is 2. The zero-order valence-corrected chi connectivity index (χ0v) is 17.7. The number of nitrogens with zero attached hydrogens (tertiary/aromatic N) is 2. The Balaban J connectivity index is 1.41. The molecule has 2 aromatic rings. The summed E-state index contributed by atoms with van der Waals surface area (Å²) < 4.78 is 46.2. The van der Waals surface area contributed by atoms with Crippen molar-refractivity contribution in [1.29, 1.82) is 0 Å². The summed E-state index contributed by atoms with van der Waals surface area (Å²) >= 11 is 5.95. The molecule has 0 saturated carbocycles. The Hall–Kier alpha value is -3.31. The van der Waals surface area contributed by atoms with E-state index in [1.54, 1.807) is 29.2 Å². The van der Waals surface area contributed by atoms with Crippen LogP contribution in [0.25, 0.3) is 0 Å². The highest BCUT2D eigenvalue weighted by Crippen LogP contribution is 2.31. The van der Waals surface area contributed by atoms with Crippen LogP contribution in [0.1, 0.15) is 10.4 Å². The summed E-state index contributed by atoms with van der Waals surface area (Å²) in [5.41, 5.74) is 0.294. The summed E-state index contributed by atoms with van der Waals surface area (Å²) in [6.45, 7) is 2.75. The van der Waals surface area contributed by atoms with Gasteiger partial charge in [-0.1, -0.05) is 11.6 Å². The van der Waals surface area contributed by atoms with Gasteiger partial charge in [0, 0.05) is 37.9 Å². The molecule has 2 aliphatic rings. The Morgan fingerprint density at radius 1 is 1.09 bits per heavy atom. The van der Waals surface area contributed by atoms with Gasteiger partial charge in [-0.3, -0.25) is 4.90 Å². The first-order chi connectivity index (χ1) is 15.6. The molecule has 0 bridgehead atoms. The van der Waals surface area contributed by atoms with Crippen LogP contribution >= 0.6 is 11.6 Å². The van der Waals surface area contributed by atoms with E-state index in [1.165, 1.54) is 12.1 Å². The summed E-state index contributed by atoms with van der Waals surface area (Å²) in [6.07, 6.45) is -5.30. The Morgan fingerprint density at radius 3 is 2.42 bits per heavy atom. The van der Waals surface area contributed by atoms with Gasteiger partial charge in [0.25, 0.3) is 0 Å². The number of piperazine rings is 1. The number of halogens is 4. The number of nitrogens with one attached hydrogen (secondary N) is 1. The van der Waals surface area contributed by atoms with Gasteiger partial charge in [0.05, 0.1) is 16.6 Å². The number of hydrogen-bond donors (Lipinski definition) is 1. The standard InChI is InChI=1S/C21H17ClF3N3O5/c22-17-9-15(5-6-16(17)18(29)33-19(30)21(23,24)25)32-14-3-1-12(2-4-14)28-11-13-10-26-7-8-27(13)20(28)31/h1-6,9,13,26H,7-8,10-11H2/t13-/m0/s1. The molecule has 33 heavy (non-hydrogen) atoms. The molecule has 1 atom stereocenters. The first kappa shape index (κ1) is 22.9. The summed E-state index contributed by atoms with van der Waals surface area (Å²) in [7, 11) is 0. The maximum atomic E-state index is 12.6. The summed E-state index contributed by atoms with van der Waals surface area (Å²) in [6, 6.07) is 10.4. The largest absolute Gasteiger partial charge is 0.491 e. The van der Waals surface area contributed by atoms with Crippen LogP contribution < -0.4 is 15.0 Å². The van der Waals surface area contributed by atoms with Crippen molar-refractivity contribution in [3.63, 3.8) is 0 Å². The van der Waals surface area contributed by atoms with Gasteiger partial charge >= 0.3 is 24.1 Å². The monoisotopic (exact) mass is 483 g/mol. The smallest absolute Gasteiger partial charge is 0.457 e. The predicted octanol–water partition coefficient (Wildman–Crippen LogP) is 3.59. The second-order valence-corrected chi connectivity index (χ2v) is 7.76. The number of hydrogen-bond acceptors (Lipinski definition) is 6. The molecule has 2 aliphatic heterocycles. The Kier molecular flexibility index (Phi) is 6.17. The van der Waals surface area contributed by atoms with E-state index in [2.05, 4.69) is 10.1 Å². The normalized spacial score (nSPS) is 18.2. The molecule has 0 aliphatic carbocycles. The maximum Gasteiger partial charge on any atom is 0.491 e. The summed E-state index contributed by atoms with van der Waals surface area (Å²) in [5, 5.41) is 3.02. The van der Waals surface area contributed by atoms with Crippen LogP contribution in [-0.4, -0.2) is 61.3 Å². The molecule has 12 heteroatoms. The third-order valence-corrected chi connectivity index (χ3v) is 5.49. The number of fused-ring (bicyclic) bond motifs is 1. The van der Waals surface area contributed by atoms with Gasteiger partial charge in [-0.15, -0.1) is 0 Å². The maximum absolute atomic E-state index is 12.6. The number of benzene rings is 2. The van der Waals surface area contributed by atoms with Gasteiger partial charge in [0.15, 0.2) is 0 Å². The average molecular weight is 484 g/mol. The van der Waals surface area contributed by atoms with E-state index in [0.29, 0.717) is 24.5 Å². The fourth-order valence-corrected chi connectivity index (χ4v) is 3.84. The number of ether oxygens (including phenoxy) is 2. The van der Waals surface area contributed by atoms with Crippen LogP contribution in [-0.2, 0) is 9.53 Å². The number of carbonyl (C=O) groups excluding carboxylic acids is 3. The molecule has 1 N–H and O–H groups in total. The fourth-order valence-electron chi connectivity index (χ4n) is 3.59. The minimum atomic E-state index is -5.30. The zero-order valence-electron chi connectivity index (χ0n) is 16.9. The zero-order chi connectivity index (χ0) is 23.8. The molecule has 2 fully saturated rings. The molecule has 0 unspecified atom stereocenters. The average Bonchev–Trinajstić information content (AvgIpc) is 3.10. The summed E-state index contributed by atoms with van der Waals surface area (Å²) in [5.74, 6) is -3.55. The van der Waals surface area contributed by atoms with E-state index in [0.717, 1.165) is 19.2 Å². The van der Waals surface area contributed by atoms with E-state index < -0.39 is 23.7 Å². The lowest BCUT2D eigenvalue weighted by Gasteiger charge is -2.28. The highest BCUT2D eigenvalue weighted by atomic mass is 35.5. The highest BCUT2D eigenvalue weighted by Gasteiger charge is 2.43. The van der Waals surface area contributed by atoms with Crippen molar-refractivity contribution in [1.82, 2.24) is 10.2 Å². The number of anilines is 1. The molecule has 2 heterocycles. The second-order valence-electron chi connectivity index (χ2n) is 7.36. The number of urea groups is 1. The number of esters is 2. The van der Waals surface area contributed by atoms with Crippen molar-refractivity contribution in [3.05, 3.63) is 53.1 Å². The van der Waals surface area contributed by atoms with E-state index in [9.17, 15) is 27.6 Å². The Bertz CT molecular complexity index is 1090. The van der Waals surface area contributed by atoms with Crippen LogP contribution in [0.5, 0.6) is 11.5 Å². The first-order valence-corrected chi connectivity index (χ1v) is 10.2. The first-order valence-electron chi connectivity index (χ1n) is 9.83. The van der Waals surface area contributed by atoms with E-state index in [4.69, 9.17) is 16.3 Å². The van der Waals surface area contributed by atoms with Crippen LogP contribution in [0.15, 0.2) is 42.5 Å². The molecule has 2 saturated heterocycles. The van der Waals surface area contributed by atoms with Crippen molar-refractivity contribution >= 4 is 35.3 Å². The third kappa shape index (κ3) is 4.88. The van der Waals surface area contributed by atoms with Crippen LogP contribution in [0.2, 0.25) is 5.02 Å². The third-order valence-electron chi connectivity index (χ3n) is 5.18. The van der Waals surface area contributed by atoms with Crippen LogP contribution in [0.3, 0.4) is 0 Å². The molecule has 0 spiro atoms. The fraction of sp³-hybridized carbons (Fsp3) is 0.286. The Labute approximate surface area is 190 Å². The molecular weight excluding hydrogens is 467 g/mol. The minimum absolute atomic E-state index is 0.0478. The quantitative estimate of drug-likeness (QED) is 0.528.